The molecule has 1 heterocycles. The summed E-state index contributed by atoms with van der Waals surface area (Å²) in [6.07, 6.45) is 1.94. The van der Waals surface area contributed by atoms with Gasteiger partial charge in [0, 0.05) is 11.7 Å². The second-order valence-corrected chi connectivity index (χ2v) is 8.20. The molecule has 0 saturated heterocycles. The second-order valence-electron chi connectivity index (χ2n) is 7.13. The van der Waals surface area contributed by atoms with Crippen LogP contribution in [0.4, 0.5) is 5.69 Å². The molecule has 144 valence electrons. The van der Waals surface area contributed by atoms with Crippen LogP contribution in [0.5, 0.6) is 0 Å². The highest BCUT2D eigenvalue weighted by Crippen LogP contribution is 2.40. The zero-order valence-corrected chi connectivity index (χ0v) is 16.6. The summed E-state index contributed by atoms with van der Waals surface area (Å²) in [5.74, 6) is -0.136. The first-order valence-electron chi connectivity index (χ1n) is 9.29. The van der Waals surface area contributed by atoms with E-state index in [1.54, 1.807) is 4.57 Å². The molecule has 0 bridgehead atoms. The Balaban J connectivity index is 1.65. The van der Waals surface area contributed by atoms with E-state index in [-0.39, 0.29) is 17.6 Å². The molecule has 2 aromatic carbocycles. The van der Waals surface area contributed by atoms with Crippen LogP contribution >= 0.6 is 11.8 Å². The van der Waals surface area contributed by atoms with Gasteiger partial charge >= 0.3 is 5.69 Å². The van der Waals surface area contributed by atoms with Gasteiger partial charge < -0.3 is 5.32 Å². The van der Waals surface area contributed by atoms with Gasteiger partial charge in [-0.25, -0.2) is 9.89 Å². The molecule has 0 spiro atoms. The van der Waals surface area contributed by atoms with Crippen LogP contribution < -0.4 is 11.0 Å². The number of rotatable bonds is 6. The minimum absolute atomic E-state index is 0.136. The molecular weight excluding hydrogens is 372 g/mol. The van der Waals surface area contributed by atoms with Gasteiger partial charge in [0.2, 0.25) is 5.91 Å². The topological polar surface area (TPSA) is 79.8 Å². The predicted octanol–water partition coefficient (Wildman–Crippen LogP) is 4.00. The summed E-state index contributed by atoms with van der Waals surface area (Å²) in [6, 6.07) is 15.8. The summed E-state index contributed by atoms with van der Waals surface area (Å²) in [5.41, 5.74) is 3.54. The van der Waals surface area contributed by atoms with Gasteiger partial charge in [0.25, 0.3) is 0 Å². The maximum absolute atomic E-state index is 13.2. The number of carbonyl (C=O) groups is 1. The molecule has 0 aliphatic heterocycles. The number of aromatic amines is 1. The standard InChI is InChI=1S/C21H22N4O2S/c1-13-8-9-14(2)17(12-13)22-19(26)18(15-6-4-3-5-7-15)28-21-24-23-20(27)25(21)16-10-11-16/h3-9,12,16,18H,10-11H2,1-2H3,(H,22,26)(H,23,27)/t18-/m1/s1. The van der Waals surface area contributed by atoms with Crippen molar-refractivity contribution in [1.82, 2.24) is 14.8 Å². The summed E-state index contributed by atoms with van der Waals surface area (Å²) >= 11 is 1.30. The van der Waals surface area contributed by atoms with Crippen LogP contribution in [0.15, 0.2) is 58.5 Å². The summed E-state index contributed by atoms with van der Waals surface area (Å²) in [6.45, 7) is 3.97. The van der Waals surface area contributed by atoms with Gasteiger partial charge in [-0.2, -0.15) is 0 Å². The van der Waals surface area contributed by atoms with Crippen molar-refractivity contribution in [3.05, 3.63) is 75.7 Å². The Bertz CT molecular complexity index is 1050. The number of benzene rings is 2. The minimum atomic E-state index is -0.520. The van der Waals surface area contributed by atoms with E-state index in [0.717, 1.165) is 35.2 Å². The minimum Gasteiger partial charge on any atom is -0.325 e. The number of aryl methyl sites for hydroxylation is 2. The van der Waals surface area contributed by atoms with E-state index in [2.05, 4.69) is 15.5 Å². The Morgan fingerprint density at radius 2 is 1.96 bits per heavy atom. The Hall–Kier alpha value is -2.80. The van der Waals surface area contributed by atoms with Crippen LogP contribution in [-0.2, 0) is 4.79 Å². The second kappa shape index (κ2) is 7.67. The number of thioether (sulfide) groups is 1. The summed E-state index contributed by atoms with van der Waals surface area (Å²) in [4.78, 5) is 25.3. The average molecular weight is 395 g/mol. The van der Waals surface area contributed by atoms with E-state index in [4.69, 9.17) is 0 Å². The van der Waals surface area contributed by atoms with Gasteiger partial charge in [-0.1, -0.05) is 54.2 Å². The number of carbonyl (C=O) groups excluding carboxylic acids is 1. The zero-order valence-electron chi connectivity index (χ0n) is 15.8. The number of hydrogen-bond donors (Lipinski definition) is 2. The molecule has 0 unspecified atom stereocenters. The van der Waals surface area contributed by atoms with Gasteiger partial charge in [0.15, 0.2) is 5.16 Å². The predicted molar refractivity (Wildman–Crippen MR) is 111 cm³/mol. The van der Waals surface area contributed by atoms with E-state index in [1.807, 2.05) is 62.4 Å². The monoisotopic (exact) mass is 394 g/mol. The highest BCUT2D eigenvalue weighted by atomic mass is 32.2. The molecule has 0 radical (unpaired) electrons. The van der Waals surface area contributed by atoms with E-state index < -0.39 is 5.25 Å². The number of anilines is 1. The highest BCUT2D eigenvalue weighted by molar-refractivity contribution is 8.00. The Morgan fingerprint density at radius 3 is 2.68 bits per heavy atom. The molecule has 1 amide bonds. The Kier molecular flexibility index (Phi) is 5.09. The van der Waals surface area contributed by atoms with Gasteiger partial charge in [0.1, 0.15) is 5.25 Å². The maximum atomic E-state index is 13.2. The third-order valence-corrected chi connectivity index (χ3v) is 6.02. The summed E-state index contributed by atoms with van der Waals surface area (Å²) in [7, 11) is 0. The molecule has 4 rings (SSSR count). The summed E-state index contributed by atoms with van der Waals surface area (Å²) in [5, 5.41) is 9.79. The lowest BCUT2D eigenvalue weighted by Gasteiger charge is -2.18. The highest BCUT2D eigenvalue weighted by Gasteiger charge is 2.31. The lowest BCUT2D eigenvalue weighted by Crippen LogP contribution is -2.21. The van der Waals surface area contributed by atoms with Crippen LogP contribution in [0.3, 0.4) is 0 Å². The van der Waals surface area contributed by atoms with Crippen molar-refractivity contribution in [3.8, 4) is 0 Å². The largest absolute Gasteiger partial charge is 0.344 e. The van der Waals surface area contributed by atoms with Crippen molar-refractivity contribution in [3.63, 3.8) is 0 Å². The van der Waals surface area contributed by atoms with Gasteiger partial charge in [0.05, 0.1) is 0 Å². The Morgan fingerprint density at radius 1 is 1.21 bits per heavy atom. The molecule has 6 nitrogen and oxygen atoms in total. The molecule has 1 fully saturated rings. The summed E-state index contributed by atoms with van der Waals surface area (Å²) < 4.78 is 1.67. The molecule has 1 aliphatic rings. The fraction of sp³-hybridized carbons (Fsp3) is 0.286. The first-order chi connectivity index (χ1) is 13.5. The van der Waals surface area contributed by atoms with Crippen LogP contribution in [0.25, 0.3) is 0 Å². The number of hydrogen-bond acceptors (Lipinski definition) is 4. The van der Waals surface area contributed by atoms with Crippen molar-refractivity contribution in [1.29, 1.82) is 0 Å². The molecule has 28 heavy (non-hydrogen) atoms. The smallest absolute Gasteiger partial charge is 0.325 e. The normalized spacial score (nSPS) is 14.6. The molecular formula is C21H22N4O2S. The van der Waals surface area contributed by atoms with Gasteiger partial charge in [-0.3, -0.25) is 9.36 Å². The van der Waals surface area contributed by atoms with E-state index in [1.165, 1.54) is 11.8 Å². The van der Waals surface area contributed by atoms with Gasteiger partial charge in [-0.05, 0) is 49.4 Å². The number of nitrogens with zero attached hydrogens (tertiary/aromatic N) is 2. The maximum Gasteiger partial charge on any atom is 0.344 e. The van der Waals surface area contributed by atoms with Crippen LogP contribution in [0.2, 0.25) is 0 Å². The molecule has 1 saturated carbocycles. The van der Waals surface area contributed by atoms with Crippen LogP contribution in [0.1, 0.15) is 40.8 Å². The fourth-order valence-electron chi connectivity index (χ4n) is 3.10. The lowest BCUT2D eigenvalue weighted by molar-refractivity contribution is -0.115. The first-order valence-corrected chi connectivity index (χ1v) is 10.2. The van der Waals surface area contributed by atoms with Crippen molar-refractivity contribution in [2.45, 2.75) is 43.1 Å². The molecule has 1 aromatic heterocycles. The van der Waals surface area contributed by atoms with Crippen molar-refractivity contribution >= 4 is 23.4 Å². The van der Waals surface area contributed by atoms with Crippen molar-refractivity contribution < 1.29 is 4.79 Å². The molecule has 7 heteroatoms. The third kappa shape index (κ3) is 3.89. The number of nitrogens with one attached hydrogen (secondary N) is 2. The quantitative estimate of drug-likeness (QED) is 0.620. The number of aromatic nitrogens is 3. The first kappa shape index (κ1) is 18.6. The molecule has 1 atom stereocenters. The SMILES string of the molecule is Cc1ccc(C)c(NC(=O)[C@H](Sc2n[nH]c(=O)n2C2CC2)c2ccccc2)c1. The lowest BCUT2D eigenvalue weighted by atomic mass is 10.1. The number of amides is 1. The Labute approximate surface area is 167 Å². The fourth-order valence-corrected chi connectivity index (χ4v) is 4.22. The molecule has 3 aromatic rings. The average Bonchev–Trinajstić information content (AvgIpc) is 3.46. The molecule has 2 N–H and O–H groups in total. The van der Waals surface area contributed by atoms with Crippen LogP contribution in [0, 0.1) is 13.8 Å². The van der Waals surface area contributed by atoms with Crippen LogP contribution in [-0.4, -0.2) is 20.7 Å². The third-order valence-electron chi connectivity index (χ3n) is 4.80. The molecule has 1 aliphatic carbocycles. The van der Waals surface area contributed by atoms with Gasteiger partial charge in [-0.15, -0.1) is 5.10 Å². The van der Waals surface area contributed by atoms with E-state index in [9.17, 15) is 9.59 Å². The van der Waals surface area contributed by atoms with E-state index in [0.29, 0.717) is 5.16 Å². The number of H-pyrrole nitrogens is 1. The zero-order chi connectivity index (χ0) is 19.7. The van der Waals surface area contributed by atoms with Crippen molar-refractivity contribution in [2.75, 3.05) is 5.32 Å². The van der Waals surface area contributed by atoms with Crippen molar-refractivity contribution in [2.24, 2.45) is 0 Å². The van der Waals surface area contributed by atoms with E-state index >= 15 is 0 Å².